The molecule has 1 amide bonds. The van der Waals surface area contributed by atoms with Crippen LogP contribution in [0.5, 0.6) is 0 Å². The Balaban J connectivity index is 1.72. The van der Waals surface area contributed by atoms with Crippen molar-refractivity contribution in [2.45, 2.75) is 31.5 Å². The van der Waals surface area contributed by atoms with Gasteiger partial charge in [0.25, 0.3) is 0 Å². The average Bonchev–Trinajstić information content (AvgIpc) is 3.21. The zero-order valence-corrected chi connectivity index (χ0v) is 11.8. The molecule has 20 heavy (non-hydrogen) atoms. The summed E-state index contributed by atoms with van der Waals surface area (Å²) in [6, 6.07) is 4.50. The summed E-state index contributed by atoms with van der Waals surface area (Å²) in [6.45, 7) is 1.84. The fraction of sp³-hybridized carbons (Fsp3) is 0.600. The molecule has 2 atom stereocenters. The molecule has 1 saturated heterocycles. The Morgan fingerprint density at radius 3 is 2.80 bits per heavy atom. The molecule has 2 unspecified atom stereocenters. The van der Waals surface area contributed by atoms with E-state index in [1.807, 2.05) is 24.1 Å². The Morgan fingerprint density at radius 2 is 2.15 bits per heavy atom. The molecule has 5 nitrogen and oxygen atoms in total. The molecular weight excluding hydrogens is 254 g/mol. The van der Waals surface area contributed by atoms with Gasteiger partial charge in [0.05, 0.1) is 19.1 Å². The first kappa shape index (κ1) is 13.5. The maximum atomic E-state index is 12.8. The molecule has 2 aliphatic rings. The second kappa shape index (κ2) is 5.89. The Bertz CT molecular complexity index is 461. The van der Waals surface area contributed by atoms with Gasteiger partial charge in [0.1, 0.15) is 0 Å². The van der Waals surface area contributed by atoms with Crippen LogP contribution in [0.15, 0.2) is 24.5 Å². The fourth-order valence-electron chi connectivity index (χ4n) is 2.75. The number of hydrogen-bond acceptors (Lipinski definition) is 4. The molecule has 2 fully saturated rings. The average molecular weight is 275 g/mol. The number of rotatable bonds is 5. The molecule has 3 rings (SSSR count). The van der Waals surface area contributed by atoms with Crippen LogP contribution in [0.1, 0.15) is 18.4 Å². The molecule has 0 aromatic carbocycles. The van der Waals surface area contributed by atoms with Crippen molar-refractivity contribution in [2.75, 3.05) is 20.3 Å². The number of aromatic nitrogens is 1. The van der Waals surface area contributed by atoms with E-state index in [1.165, 1.54) is 0 Å². The van der Waals surface area contributed by atoms with Gasteiger partial charge in [-0.3, -0.25) is 9.78 Å². The van der Waals surface area contributed by atoms with Crippen LogP contribution in [-0.4, -0.2) is 48.1 Å². The predicted octanol–water partition coefficient (Wildman–Crippen LogP) is 0.807. The van der Waals surface area contributed by atoms with Crippen LogP contribution in [0.25, 0.3) is 0 Å². The number of carbonyl (C=O) groups excluding carboxylic acids is 1. The molecule has 1 N–H and O–H groups in total. The largest absolute Gasteiger partial charge is 0.379 e. The van der Waals surface area contributed by atoms with Crippen LogP contribution in [0.2, 0.25) is 0 Å². The van der Waals surface area contributed by atoms with Gasteiger partial charge in [0.15, 0.2) is 0 Å². The van der Waals surface area contributed by atoms with Crippen LogP contribution in [0, 0.1) is 5.92 Å². The zero-order chi connectivity index (χ0) is 13.9. The maximum Gasteiger partial charge on any atom is 0.230 e. The van der Waals surface area contributed by atoms with E-state index < -0.39 is 0 Å². The minimum atomic E-state index is -0.0533. The number of pyridine rings is 1. The second-order valence-corrected chi connectivity index (χ2v) is 5.59. The van der Waals surface area contributed by atoms with Crippen molar-refractivity contribution in [3.8, 4) is 0 Å². The van der Waals surface area contributed by atoms with Crippen molar-refractivity contribution in [3.05, 3.63) is 30.1 Å². The lowest BCUT2D eigenvalue weighted by atomic mass is 10.0. The van der Waals surface area contributed by atoms with Gasteiger partial charge in [-0.2, -0.15) is 0 Å². The Labute approximate surface area is 119 Å². The number of nitrogens with zero attached hydrogens (tertiary/aromatic N) is 2. The first-order chi connectivity index (χ1) is 9.79. The van der Waals surface area contributed by atoms with Crippen molar-refractivity contribution in [1.29, 1.82) is 0 Å². The van der Waals surface area contributed by atoms with Crippen LogP contribution < -0.4 is 5.32 Å². The summed E-state index contributed by atoms with van der Waals surface area (Å²) in [5.74, 6) is 0.170. The topological polar surface area (TPSA) is 54.5 Å². The molecule has 1 aromatic rings. The molecule has 1 aliphatic heterocycles. The minimum Gasteiger partial charge on any atom is -0.379 e. The monoisotopic (exact) mass is 275 g/mol. The lowest BCUT2D eigenvalue weighted by Crippen LogP contribution is -2.45. The second-order valence-electron chi connectivity index (χ2n) is 5.59. The van der Waals surface area contributed by atoms with Gasteiger partial charge < -0.3 is 15.0 Å². The van der Waals surface area contributed by atoms with Gasteiger partial charge in [0, 0.05) is 31.0 Å². The first-order valence-corrected chi connectivity index (χ1v) is 7.24. The number of hydrogen-bond donors (Lipinski definition) is 1. The van der Waals surface area contributed by atoms with E-state index >= 15 is 0 Å². The van der Waals surface area contributed by atoms with Gasteiger partial charge in [0.2, 0.25) is 5.91 Å². The third-order valence-corrected chi connectivity index (χ3v) is 4.14. The number of nitrogens with one attached hydrogen (secondary N) is 1. The molecule has 1 aliphatic carbocycles. The quantitative estimate of drug-likeness (QED) is 0.864. The SMILES string of the molecule is CNC1COCC1C(=O)N(Cc1ccncc1)C1CC1. The number of likely N-dealkylation sites (N-methyl/N-ethyl adjacent to an activating group) is 1. The van der Waals surface area contributed by atoms with Crippen molar-refractivity contribution in [1.82, 2.24) is 15.2 Å². The van der Waals surface area contributed by atoms with E-state index in [1.54, 1.807) is 12.4 Å². The highest BCUT2D eigenvalue weighted by Crippen LogP contribution is 2.31. The van der Waals surface area contributed by atoms with Crippen LogP contribution >= 0.6 is 0 Å². The number of amides is 1. The van der Waals surface area contributed by atoms with Gasteiger partial charge in [-0.25, -0.2) is 0 Å². The highest BCUT2D eigenvalue weighted by Gasteiger charge is 2.40. The third-order valence-electron chi connectivity index (χ3n) is 4.14. The molecular formula is C15H21N3O2. The molecule has 0 radical (unpaired) electrons. The van der Waals surface area contributed by atoms with E-state index in [0.717, 1.165) is 18.4 Å². The maximum absolute atomic E-state index is 12.8. The molecule has 2 heterocycles. The van der Waals surface area contributed by atoms with E-state index in [9.17, 15) is 4.79 Å². The summed E-state index contributed by atoms with van der Waals surface area (Å²) in [5.41, 5.74) is 1.14. The van der Waals surface area contributed by atoms with E-state index in [2.05, 4.69) is 10.3 Å². The smallest absolute Gasteiger partial charge is 0.230 e. The van der Waals surface area contributed by atoms with Crippen molar-refractivity contribution < 1.29 is 9.53 Å². The highest BCUT2D eigenvalue weighted by atomic mass is 16.5. The van der Waals surface area contributed by atoms with Crippen LogP contribution in [-0.2, 0) is 16.1 Å². The molecule has 1 aromatic heterocycles. The molecule has 1 saturated carbocycles. The Kier molecular flexibility index (Phi) is 3.98. The molecule has 5 heteroatoms. The lowest BCUT2D eigenvalue weighted by Gasteiger charge is -2.27. The van der Waals surface area contributed by atoms with E-state index in [4.69, 9.17) is 4.74 Å². The summed E-state index contributed by atoms with van der Waals surface area (Å²) in [4.78, 5) is 18.8. The molecule has 0 spiro atoms. The fourth-order valence-corrected chi connectivity index (χ4v) is 2.75. The standard InChI is InChI=1S/C15H21N3O2/c1-16-14-10-20-9-13(14)15(19)18(12-2-3-12)8-11-4-6-17-7-5-11/h4-7,12-14,16H,2-3,8-10H2,1H3. The number of carbonyl (C=O) groups is 1. The summed E-state index contributed by atoms with van der Waals surface area (Å²) < 4.78 is 5.46. The first-order valence-electron chi connectivity index (χ1n) is 7.24. The van der Waals surface area contributed by atoms with Crippen LogP contribution in [0.3, 0.4) is 0 Å². The van der Waals surface area contributed by atoms with E-state index in [0.29, 0.717) is 25.8 Å². The van der Waals surface area contributed by atoms with Crippen LogP contribution in [0.4, 0.5) is 0 Å². The van der Waals surface area contributed by atoms with Gasteiger partial charge >= 0.3 is 0 Å². The molecule has 108 valence electrons. The van der Waals surface area contributed by atoms with Gasteiger partial charge in [-0.05, 0) is 37.6 Å². The van der Waals surface area contributed by atoms with Crippen molar-refractivity contribution >= 4 is 5.91 Å². The normalized spacial score (nSPS) is 25.6. The lowest BCUT2D eigenvalue weighted by molar-refractivity contribution is -0.137. The third kappa shape index (κ3) is 2.83. The Morgan fingerprint density at radius 1 is 1.40 bits per heavy atom. The van der Waals surface area contributed by atoms with E-state index in [-0.39, 0.29) is 17.9 Å². The van der Waals surface area contributed by atoms with Crippen molar-refractivity contribution in [2.24, 2.45) is 5.92 Å². The highest BCUT2D eigenvalue weighted by molar-refractivity contribution is 5.80. The summed E-state index contributed by atoms with van der Waals surface area (Å²) in [7, 11) is 1.89. The summed E-state index contributed by atoms with van der Waals surface area (Å²) >= 11 is 0. The van der Waals surface area contributed by atoms with Crippen molar-refractivity contribution in [3.63, 3.8) is 0 Å². The van der Waals surface area contributed by atoms with Gasteiger partial charge in [-0.1, -0.05) is 0 Å². The predicted molar refractivity (Wildman–Crippen MR) is 75.0 cm³/mol. The zero-order valence-electron chi connectivity index (χ0n) is 11.8. The molecule has 0 bridgehead atoms. The summed E-state index contributed by atoms with van der Waals surface area (Å²) in [6.07, 6.45) is 5.79. The minimum absolute atomic E-state index is 0.0533. The van der Waals surface area contributed by atoms with Gasteiger partial charge in [-0.15, -0.1) is 0 Å². The summed E-state index contributed by atoms with van der Waals surface area (Å²) in [5, 5.41) is 3.19. The Hall–Kier alpha value is -1.46. The number of ether oxygens (including phenoxy) is 1.